The molecular weight excluding hydrogens is 396 g/mol. The van der Waals surface area contributed by atoms with Crippen molar-refractivity contribution in [2.45, 2.75) is 38.5 Å². The van der Waals surface area contributed by atoms with E-state index in [1.165, 1.54) is 6.20 Å². The molecule has 0 radical (unpaired) electrons. The number of anilines is 2. The minimum Gasteiger partial charge on any atom is -0.370 e. The number of H-pyrrole nitrogens is 1. The quantitative estimate of drug-likeness (QED) is 0.520. The Morgan fingerprint density at radius 1 is 1.23 bits per heavy atom. The smallest absolute Gasteiger partial charge is 0.314 e. The van der Waals surface area contributed by atoms with Crippen LogP contribution < -0.4 is 15.5 Å². The van der Waals surface area contributed by atoms with Crippen molar-refractivity contribution in [3.8, 4) is 0 Å². The molecular formula is C22H24N6O3. The molecule has 2 saturated heterocycles. The minimum atomic E-state index is -0.429. The summed E-state index contributed by atoms with van der Waals surface area (Å²) in [7, 11) is 0. The normalized spacial score (nSPS) is 17.9. The number of imidazole rings is 1. The first kappa shape index (κ1) is 20.6. The van der Waals surface area contributed by atoms with Crippen molar-refractivity contribution in [3.63, 3.8) is 0 Å². The van der Waals surface area contributed by atoms with E-state index in [0.29, 0.717) is 11.6 Å². The van der Waals surface area contributed by atoms with Gasteiger partial charge in [-0.25, -0.2) is 4.98 Å². The van der Waals surface area contributed by atoms with Crippen molar-refractivity contribution >= 4 is 34.9 Å². The molecule has 0 bridgehead atoms. The summed E-state index contributed by atoms with van der Waals surface area (Å²) in [6, 6.07) is 5.65. The number of benzene rings is 1. The second kappa shape index (κ2) is 8.60. The van der Waals surface area contributed by atoms with Crippen LogP contribution in [0.4, 0.5) is 17.2 Å². The Morgan fingerprint density at radius 2 is 1.94 bits per heavy atom. The molecule has 1 aromatic carbocycles. The highest BCUT2D eigenvalue weighted by Crippen LogP contribution is 2.35. The SMILES string of the molecule is [C-]#[N+]c1cnc(C(=O)Nc2ccc(C3CC(=O)NC(=O)C3)cc2N2CCC(C)CC2)[nH]1. The average Bonchev–Trinajstić information content (AvgIpc) is 3.23. The van der Waals surface area contributed by atoms with Crippen molar-refractivity contribution in [3.05, 3.63) is 47.2 Å². The van der Waals surface area contributed by atoms with Gasteiger partial charge in [-0.15, -0.1) is 0 Å². The number of nitrogens with one attached hydrogen (secondary N) is 3. The molecule has 160 valence electrons. The number of hydrogen-bond acceptors (Lipinski definition) is 5. The molecule has 3 amide bonds. The van der Waals surface area contributed by atoms with E-state index in [0.717, 1.165) is 37.2 Å². The van der Waals surface area contributed by atoms with Crippen molar-refractivity contribution < 1.29 is 14.4 Å². The van der Waals surface area contributed by atoms with Crippen LogP contribution in [-0.4, -0.2) is 40.8 Å². The van der Waals surface area contributed by atoms with Gasteiger partial charge in [0.15, 0.2) is 0 Å². The third-order valence-electron chi connectivity index (χ3n) is 5.91. The predicted molar refractivity (Wildman–Crippen MR) is 115 cm³/mol. The lowest BCUT2D eigenvalue weighted by Crippen LogP contribution is -2.38. The standard InChI is InChI=1S/C22H24N6O3/c1-13-5-7-28(8-6-13)17-9-14(15-10-19(29)27-20(30)11-15)3-4-16(17)25-22(31)21-24-12-18(23-2)26-21/h3-4,9,12-13,15H,5-8,10-11H2,1H3,(H,24,26)(H,25,31)(H,27,29,30). The van der Waals surface area contributed by atoms with Gasteiger partial charge in [-0.3, -0.25) is 24.7 Å². The Kier molecular flexibility index (Phi) is 5.71. The van der Waals surface area contributed by atoms with Crippen LogP contribution in [-0.2, 0) is 9.59 Å². The van der Waals surface area contributed by atoms with Crippen molar-refractivity contribution in [2.75, 3.05) is 23.3 Å². The van der Waals surface area contributed by atoms with E-state index in [-0.39, 0.29) is 42.2 Å². The van der Waals surface area contributed by atoms with Gasteiger partial charge in [0.25, 0.3) is 5.82 Å². The number of rotatable bonds is 4. The summed E-state index contributed by atoms with van der Waals surface area (Å²) in [6.07, 6.45) is 3.95. The Balaban J connectivity index is 1.63. The van der Waals surface area contributed by atoms with Gasteiger partial charge in [-0.1, -0.05) is 19.6 Å². The molecule has 9 nitrogen and oxygen atoms in total. The molecule has 1 aromatic heterocycles. The second-order valence-electron chi connectivity index (χ2n) is 8.21. The molecule has 31 heavy (non-hydrogen) atoms. The molecule has 0 aliphatic carbocycles. The molecule has 0 spiro atoms. The summed E-state index contributed by atoms with van der Waals surface area (Å²) in [4.78, 5) is 48.5. The van der Waals surface area contributed by atoms with Crippen LogP contribution in [0.5, 0.6) is 0 Å². The lowest BCUT2D eigenvalue weighted by molar-refractivity contribution is -0.133. The fraction of sp³-hybridized carbons (Fsp3) is 0.409. The fourth-order valence-corrected chi connectivity index (χ4v) is 4.10. The first-order valence-corrected chi connectivity index (χ1v) is 10.4. The Labute approximate surface area is 180 Å². The first-order valence-electron chi connectivity index (χ1n) is 10.4. The number of carbonyl (C=O) groups is 3. The minimum absolute atomic E-state index is 0.0721. The molecule has 3 N–H and O–H groups in total. The van der Waals surface area contributed by atoms with E-state index in [4.69, 9.17) is 6.57 Å². The number of amides is 3. The molecule has 0 saturated carbocycles. The molecule has 2 aromatic rings. The highest BCUT2D eigenvalue weighted by molar-refractivity contribution is 6.04. The highest BCUT2D eigenvalue weighted by atomic mass is 16.2. The molecule has 0 atom stereocenters. The van der Waals surface area contributed by atoms with Gasteiger partial charge >= 0.3 is 5.91 Å². The molecule has 9 heteroatoms. The Hall–Kier alpha value is -3.67. The lowest BCUT2D eigenvalue weighted by atomic mass is 9.88. The number of hydrogen-bond donors (Lipinski definition) is 3. The summed E-state index contributed by atoms with van der Waals surface area (Å²) in [6.45, 7) is 11.0. The molecule has 2 aliphatic heterocycles. The summed E-state index contributed by atoms with van der Waals surface area (Å²) in [5, 5.41) is 5.24. The molecule has 0 unspecified atom stereocenters. The summed E-state index contributed by atoms with van der Waals surface area (Å²) >= 11 is 0. The monoisotopic (exact) mass is 420 g/mol. The van der Waals surface area contributed by atoms with E-state index in [1.807, 2.05) is 18.2 Å². The van der Waals surface area contributed by atoms with Gasteiger partial charge in [0.2, 0.25) is 17.6 Å². The van der Waals surface area contributed by atoms with E-state index in [9.17, 15) is 14.4 Å². The molecule has 2 aliphatic rings. The lowest BCUT2D eigenvalue weighted by Gasteiger charge is -2.34. The summed E-state index contributed by atoms with van der Waals surface area (Å²) in [5.41, 5.74) is 2.41. The van der Waals surface area contributed by atoms with Crippen molar-refractivity contribution in [1.29, 1.82) is 0 Å². The van der Waals surface area contributed by atoms with Crippen molar-refractivity contribution in [1.82, 2.24) is 15.3 Å². The Bertz CT molecular complexity index is 1050. The van der Waals surface area contributed by atoms with Gasteiger partial charge in [0.1, 0.15) is 0 Å². The van der Waals surface area contributed by atoms with Gasteiger partial charge < -0.3 is 15.1 Å². The van der Waals surface area contributed by atoms with Gasteiger partial charge in [0.05, 0.1) is 17.6 Å². The number of carbonyl (C=O) groups excluding carboxylic acids is 3. The van der Waals surface area contributed by atoms with E-state index in [1.54, 1.807) is 0 Å². The van der Waals surface area contributed by atoms with Crippen molar-refractivity contribution in [2.24, 2.45) is 5.92 Å². The molecule has 2 fully saturated rings. The van der Waals surface area contributed by atoms with Gasteiger partial charge in [0, 0.05) is 31.8 Å². The summed E-state index contributed by atoms with van der Waals surface area (Å²) in [5.74, 6) is -0.219. The summed E-state index contributed by atoms with van der Waals surface area (Å²) < 4.78 is 0. The fourth-order valence-electron chi connectivity index (χ4n) is 4.10. The van der Waals surface area contributed by atoms with Crippen LogP contribution in [0.1, 0.15) is 54.7 Å². The maximum atomic E-state index is 12.7. The van der Waals surface area contributed by atoms with Gasteiger partial charge in [-0.05, 0) is 36.5 Å². The molecule has 3 heterocycles. The number of piperidine rings is 2. The van der Waals surface area contributed by atoms with E-state index < -0.39 is 5.91 Å². The largest absolute Gasteiger partial charge is 0.370 e. The topological polar surface area (TPSA) is 112 Å². The highest BCUT2D eigenvalue weighted by Gasteiger charge is 2.28. The predicted octanol–water partition coefficient (Wildman–Crippen LogP) is 2.97. The molecule has 4 rings (SSSR count). The van der Waals surface area contributed by atoms with Crippen LogP contribution in [0.3, 0.4) is 0 Å². The van der Waals surface area contributed by atoms with Crippen LogP contribution >= 0.6 is 0 Å². The third-order valence-corrected chi connectivity index (χ3v) is 5.91. The zero-order valence-electron chi connectivity index (χ0n) is 17.3. The van der Waals surface area contributed by atoms with Gasteiger partial charge in [-0.2, -0.15) is 0 Å². The van der Waals surface area contributed by atoms with E-state index >= 15 is 0 Å². The van der Waals surface area contributed by atoms with Crippen LogP contribution in [0.2, 0.25) is 0 Å². The third kappa shape index (κ3) is 4.58. The zero-order valence-corrected chi connectivity index (χ0v) is 17.3. The van der Waals surface area contributed by atoms with Crippen LogP contribution in [0, 0.1) is 12.5 Å². The second-order valence-corrected chi connectivity index (χ2v) is 8.21. The Morgan fingerprint density at radius 3 is 2.58 bits per heavy atom. The maximum Gasteiger partial charge on any atom is 0.314 e. The number of imide groups is 1. The van der Waals surface area contributed by atoms with E-state index in [2.05, 4.69) is 37.3 Å². The number of aromatic amines is 1. The maximum absolute atomic E-state index is 12.7. The first-order chi connectivity index (χ1) is 14.9. The van der Waals surface area contributed by atoms with Crippen LogP contribution in [0.15, 0.2) is 24.4 Å². The zero-order chi connectivity index (χ0) is 22.0. The number of aromatic nitrogens is 2. The van der Waals surface area contributed by atoms with Crippen LogP contribution in [0.25, 0.3) is 4.85 Å². The number of nitrogens with zero attached hydrogens (tertiary/aromatic N) is 3. The average molecular weight is 420 g/mol.